The van der Waals surface area contributed by atoms with Crippen LogP contribution in [0.1, 0.15) is 10.4 Å². The van der Waals surface area contributed by atoms with Gasteiger partial charge in [0.1, 0.15) is 12.4 Å². The van der Waals surface area contributed by atoms with E-state index in [1.54, 1.807) is 4.90 Å². The lowest BCUT2D eigenvalue weighted by Crippen LogP contribution is -2.37. The van der Waals surface area contributed by atoms with Crippen molar-refractivity contribution < 1.29 is 23.8 Å². The molecular formula is C18H17ClN2O5. The van der Waals surface area contributed by atoms with Crippen LogP contribution in [0.3, 0.4) is 0 Å². The van der Waals surface area contributed by atoms with E-state index in [1.807, 2.05) is 24.3 Å². The molecule has 26 heavy (non-hydrogen) atoms. The third-order valence-corrected chi connectivity index (χ3v) is 4.09. The molecule has 2 aromatic carbocycles. The molecule has 1 aliphatic heterocycles. The number of hydrogen-bond acceptors (Lipinski definition) is 5. The molecule has 0 atom stereocenters. The minimum atomic E-state index is -0.645. The summed E-state index contributed by atoms with van der Waals surface area (Å²) in [5.74, 6) is 0.151. The fourth-order valence-corrected chi connectivity index (χ4v) is 2.93. The molecule has 0 saturated carbocycles. The number of methoxy groups -OCH3 is 1. The third-order valence-electron chi connectivity index (χ3n) is 3.81. The number of primary amides is 1. The van der Waals surface area contributed by atoms with Crippen molar-refractivity contribution in [1.82, 2.24) is 0 Å². The second kappa shape index (κ2) is 7.53. The predicted molar refractivity (Wildman–Crippen MR) is 96.3 cm³/mol. The molecule has 1 heterocycles. The number of halogens is 1. The Labute approximate surface area is 155 Å². The summed E-state index contributed by atoms with van der Waals surface area (Å²) in [6, 6.07) is 10.3. The molecule has 2 amide bonds. The van der Waals surface area contributed by atoms with Gasteiger partial charge in [-0.05, 0) is 24.3 Å². The topological polar surface area (TPSA) is 91.1 Å². The maximum absolute atomic E-state index is 13.0. The van der Waals surface area contributed by atoms with Crippen molar-refractivity contribution in [2.75, 3.05) is 31.8 Å². The first kappa shape index (κ1) is 17.9. The highest BCUT2D eigenvalue weighted by Crippen LogP contribution is 2.38. The highest BCUT2D eigenvalue weighted by Gasteiger charge is 2.26. The normalized spacial score (nSPS) is 12.8. The van der Waals surface area contributed by atoms with E-state index < -0.39 is 5.91 Å². The molecule has 136 valence electrons. The van der Waals surface area contributed by atoms with Gasteiger partial charge in [0.2, 0.25) is 0 Å². The number of anilines is 1. The molecule has 0 aliphatic carbocycles. The van der Waals surface area contributed by atoms with Gasteiger partial charge in [-0.2, -0.15) is 0 Å². The Balaban J connectivity index is 1.93. The summed E-state index contributed by atoms with van der Waals surface area (Å²) >= 11 is 6.23. The summed E-state index contributed by atoms with van der Waals surface area (Å²) < 4.78 is 16.1. The highest BCUT2D eigenvalue weighted by atomic mass is 35.5. The van der Waals surface area contributed by atoms with Crippen molar-refractivity contribution in [1.29, 1.82) is 0 Å². The Kier molecular flexibility index (Phi) is 5.18. The summed E-state index contributed by atoms with van der Waals surface area (Å²) in [6.07, 6.45) is 0. The molecule has 3 rings (SSSR count). The van der Waals surface area contributed by atoms with Crippen LogP contribution < -0.4 is 24.8 Å². The van der Waals surface area contributed by atoms with Crippen LogP contribution in [0.4, 0.5) is 5.69 Å². The van der Waals surface area contributed by atoms with Crippen molar-refractivity contribution in [3.63, 3.8) is 0 Å². The number of carbonyl (C=O) groups excluding carboxylic acids is 2. The lowest BCUT2D eigenvalue weighted by molar-refractivity contribution is -0.119. The van der Waals surface area contributed by atoms with Gasteiger partial charge in [-0.3, -0.25) is 9.59 Å². The lowest BCUT2D eigenvalue weighted by Gasteiger charge is -2.29. The van der Waals surface area contributed by atoms with Gasteiger partial charge in [0.25, 0.3) is 11.8 Å². The van der Waals surface area contributed by atoms with E-state index in [9.17, 15) is 9.59 Å². The molecule has 2 N–H and O–H groups in total. The molecule has 0 spiro atoms. The van der Waals surface area contributed by atoms with E-state index in [1.165, 1.54) is 19.2 Å². The monoisotopic (exact) mass is 376 g/mol. The molecule has 7 nitrogen and oxygen atoms in total. The zero-order valence-electron chi connectivity index (χ0n) is 14.0. The van der Waals surface area contributed by atoms with Crippen LogP contribution in [-0.2, 0) is 4.79 Å². The summed E-state index contributed by atoms with van der Waals surface area (Å²) in [7, 11) is 1.42. The fraction of sp³-hybridized carbons (Fsp3) is 0.222. The molecular weight excluding hydrogens is 360 g/mol. The number of benzene rings is 2. The second-order valence-electron chi connectivity index (χ2n) is 5.52. The highest BCUT2D eigenvalue weighted by molar-refractivity contribution is 6.33. The number of nitrogens with two attached hydrogens (primary N) is 1. The number of rotatable bonds is 5. The van der Waals surface area contributed by atoms with Crippen LogP contribution in [0.2, 0.25) is 5.02 Å². The largest absolute Gasteiger partial charge is 0.493 e. The van der Waals surface area contributed by atoms with Gasteiger partial charge < -0.3 is 24.8 Å². The Bertz CT molecular complexity index is 855. The molecule has 0 saturated heterocycles. The quantitative estimate of drug-likeness (QED) is 0.864. The predicted octanol–water partition coefficient (Wildman–Crippen LogP) is 2.25. The van der Waals surface area contributed by atoms with Crippen molar-refractivity contribution in [2.45, 2.75) is 0 Å². The molecule has 0 aromatic heterocycles. The zero-order valence-corrected chi connectivity index (χ0v) is 14.8. The van der Waals surface area contributed by atoms with Crippen molar-refractivity contribution in [3.05, 3.63) is 47.0 Å². The Morgan fingerprint density at radius 2 is 2.08 bits per heavy atom. The number of hydrogen-bond donors (Lipinski definition) is 1. The van der Waals surface area contributed by atoms with Gasteiger partial charge in [-0.1, -0.05) is 23.7 Å². The van der Waals surface area contributed by atoms with Gasteiger partial charge in [0, 0.05) is 5.56 Å². The number of fused-ring (bicyclic) bond motifs is 1. The first-order valence-electron chi connectivity index (χ1n) is 7.83. The number of ether oxygens (including phenoxy) is 3. The third kappa shape index (κ3) is 3.52. The van der Waals surface area contributed by atoms with Crippen LogP contribution in [0.15, 0.2) is 36.4 Å². The molecule has 0 unspecified atom stereocenters. The minimum Gasteiger partial charge on any atom is -0.493 e. The van der Waals surface area contributed by atoms with Crippen molar-refractivity contribution in [3.8, 4) is 17.2 Å². The van der Waals surface area contributed by atoms with Gasteiger partial charge in [0.05, 0.1) is 24.4 Å². The zero-order chi connectivity index (χ0) is 18.7. The van der Waals surface area contributed by atoms with Gasteiger partial charge >= 0.3 is 0 Å². The Morgan fingerprint density at radius 1 is 1.31 bits per heavy atom. The number of carbonyl (C=O) groups is 2. The van der Waals surface area contributed by atoms with E-state index in [0.29, 0.717) is 30.2 Å². The van der Waals surface area contributed by atoms with Gasteiger partial charge in [-0.25, -0.2) is 0 Å². The van der Waals surface area contributed by atoms with E-state index in [-0.39, 0.29) is 29.0 Å². The van der Waals surface area contributed by atoms with Crippen LogP contribution in [0.5, 0.6) is 17.2 Å². The molecule has 8 heteroatoms. The SMILES string of the molecule is COc1cc(C(=O)N2CCOc3ccccc32)cc(Cl)c1OCC(N)=O. The van der Waals surface area contributed by atoms with Gasteiger partial charge in [0.15, 0.2) is 18.1 Å². The van der Waals surface area contributed by atoms with E-state index >= 15 is 0 Å². The second-order valence-corrected chi connectivity index (χ2v) is 5.92. The summed E-state index contributed by atoms with van der Waals surface area (Å²) in [5.41, 5.74) is 6.10. The summed E-state index contributed by atoms with van der Waals surface area (Å²) in [5, 5.41) is 0.149. The Morgan fingerprint density at radius 3 is 2.81 bits per heavy atom. The number of para-hydroxylation sites is 2. The summed E-state index contributed by atoms with van der Waals surface area (Å²) in [6.45, 7) is 0.462. The van der Waals surface area contributed by atoms with Crippen LogP contribution in [-0.4, -0.2) is 38.7 Å². The lowest BCUT2D eigenvalue weighted by atomic mass is 10.1. The standard InChI is InChI=1S/C18H17ClN2O5/c1-24-15-9-11(8-12(19)17(15)26-10-16(20)22)18(23)21-6-7-25-14-5-3-2-4-13(14)21/h2-5,8-9H,6-7,10H2,1H3,(H2,20,22). The van der Waals surface area contributed by atoms with Crippen molar-refractivity contribution in [2.24, 2.45) is 5.73 Å². The van der Waals surface area contributed by atoms with E-state index in [2.05, 4.69) is 0 Å². The first-order chi connectivity index (χ1) is 12.5. The molecule has 0 fully saturated rings. The van der Waals surface area contributed by atoms with Crippen LogP contribution in [0, 0.1) is 0 Å². The molecule has 1 aliphatic rings. The molecule has 0 bridgehead atoms. The van der Waals surface area contributed by atoms with Crippen LogP contribution >= 0.6 is 11.6 Å². The van der Waals surface area contributed by atoms with E-state index in [0.717, 1.165) is 0 Å². The smallest absolute Gasteiger partial charge is 0.258 e. The summed E-state index contributed by atoms with van der Waals surface area (Å²) in [4.78, 5) is 25.5. The molecule has 0 radical (unpaired) electrons. The number of nitrogens with zero attached hydrogens (tertiary/aromatic N) is 1. The minimum absolute atomic E-state index is 0.149. The average Bonchev–Trinajstić information content (AvgIpc) is 2.65. The number of amides is 2. The maximum atomic E-state index is 13.0. The molecule has 2 aromatic rings. The fourth-order valence-electron chi connectivity index (χ4n) is 2.66. The first-order valence-corrected chi connectivity index (χ1v) is 8.21. The Hall–Kier alpha value is -2.93. The van der Waals surface area contributed by atoms with E-state index in [4.69, 9.17) is 31.5 Å². The maximum Gasteiger partial charge on any atom is 0.258 e. The van der Waals surface area contributed by atoms with Gasteiger partial charge in [-0.15, -0.1) is 0 Å². The van der Waals surface area contributed by atoms with Crippen molar-refractivity contribution >= 4 is 29.1 Å². The average molecular weight is 377 g/mol. The van der Waals surface area contributed by atoms with Crippen LogP contribution in [0.25, 0.3) is 0 Å².